The van der Waals surface area contributed by atoms with Crippen molar-refractivity contribution in [3.05, 3.63) is 96.9 Å². The summed E-state index contributed by atoms with van der Waals surface area (Å²) in [6.07, 6.45) is 2.70. The monoisotopic (exact) mass is 588 g/mol. The molecule has 0 radical (unpaired) electrons. The van der Waals surface area contributed by atoms with E-state index in [0.29, 0.717) is 9.54 Å². The number of rotatable bonds is 3. The molecule has 0 bridgehead atoms. The molecule has 4 heteroatoms. The number of benzene rings is 2. The van der Waals surface area contributed by atoms with Crippen LogP contribution in [0.3, 0.4) is 0 Å². The van der Waals surface area contributed by atoms with E-state index in [2.05, 4.69) is 116 Å². The summed E-state index contributed by atoms with van der Waals surface area (Å²) in [6, 6.07) is 18.6. The maximum atomic E-state index is 2.70. The van der Waals surface area contributed by atoms with Crippen molar-refractivity contribution < 1.29 is 20.4 Å². The van der Waals surface area contributed by atoms with Crippen molar-refractivity contribution in [1.29, 1.82) is 0 Å². The predicted octanol–water partition coefficient (Wildman–Crippen LogP) is 9.44. The van der Waals surface area contributed by atoms with E-state index < -0.39 is 20.4 Å². The van der Waals surface area contributed by atoms with Crippen molar-refractivity contribution in [3.63, 3.8) is 0 Å². The van der Waals surface area contributed by atoms with Crippen LogP contribution in [0.2, 0.25) is 13.1 Å². The zero-order valence-electron chi connectivity index (χ0n) is 22.2. The van der Waals surface area contributed by atoms with Gasteiger partial charge in [-0.3, -0.25) is 0 Å². The molecule has 2 unspecified atom stereocenters. The first-order valence-corrected chi connectivity index (χ1v) is 20.8. The van der Waals surface area contributed by atoms with E-state index in [1.54, 1.807) is 22.3 Å². The molecule has 0 saturated carbocycles. The van der Waals surface area contributed by atoms with Gasteiger partial charge in [-0.05, 0) is 0 Å². The summed E-state index contributed by atoms with van der Waals surface area (Å²) in [4.78, 5) is 0. The van der Waals surface area contributed by atoms with Crippen LogP contribution >= 0.6 is 24.8 Å². The number of fused-ring (bicyclic) bond motifs is 1. The van der Waals surface area contributed by atoms with Crippen molar-refractivity contribution in [2.75, 3.05) is 0 Å². The first kappa shape index (κ1) is 29.6. The fourth-order valence-electron chi connectivity index (χ4n) is 5.55. The summed E-state index contributed by atoms with van der Waals surface area (Å²) in [7, 11) is 0. The molecule has 2 aliphatic carbocycles. The normalized spacial score (nSPS) is 19.4. The Morgan fingerprint density at radius 2 is 1.50 bits per heavy atom. The van der Waals surface area contributed by atoms with Crippen LogP contribution in [-0.4, -0.2) is 5.43 Å². The Balaban J connectivity index is 0.00000204. The van der Waals surface area contributed by atoms with Gasteiger partial charge in [-0.15, -0.1) is 24.8 Å². The molecule has 2 aromatic rings. The molecule has 0 N–H and O–H groups in total. The van der Waals surface area contributed by atoms with E-state index in [1.165, 1.54) is 22.3 Å². The molecule has 0 amide bonds. The zero-order chi connectivity index (χ0) is 23.4. The fraction of sp³-hybridized carbons (Fsp3) is 0.400. The quantitative estimate of drug-likeness (QED) is 0.312. The molecule has 2 atom stereocenters. The second kappa shape index (κ2) is 11.2. The van der Waals surface area contributed by atoms with Crippen LogP contribution in [0.15, 0.2) is 74.6 Å². The Morgan fingerprint density at radius 3 is 2.06 bits per heavy atom. The second-order valence-electron chi connectivity index (χ2n) is 11.0. The van der Waals surface area contributed by atoms with Crippen LogP contribution in [-0.2, 0) is 25.8 Å². The van der Waals surface area contributed by atoms with Crippen LogP contribution in [0.25, 0.3) is 5.57 Å². The second-order valence-corrected chi connectivity index (χ2v) is 28.4. The molecular weight excluding hydrogens is 551 g/mol. The maximum Gasteiger partial charge on any atom is -0.147 e. The minimum atomic E-state index is -1.94. The van der Waals surface area contributed by atoms with Gasteiger partial charge >= 0.3 is 205 Å². The molecule has 0 saturated heterocycles. The van der Waals surface area contributed by atoms with Crippen LogP contribution in [0, 0.1) is 5.92 Å². The standard InChI is InChI=1S/C19H19.C9H13.C2H6Si.2ClH.Zr/c1-19(2,3)16-9-6-8-15(13-16)18-12-11-14-7-4-5-10-17(14)18;1-6-5-7(2)9(4)8(6)3;1-3-2;;;/h4-13H,1-3H3;6H,1-4H3;1-2H3;2*1H;. The average molecular weight is 591 g/mol. The van der Waals surface area contributed by atoms with E-state index in [1.807, 2.05) is 3.28 Å². The van der Waals surface area contributed by atoms with Gasteiger partial charge in [0.25, 0.3) is 0 Å². The number of halogens is 2. The molecule has 0 aromatic heterocycles. The third kappa shape index (κ3) is 5.22. The molecule has 4 rings (SSSR count). The first-order chi connectivity index (χ1) is 15.0. The Kier molecular flexibility index (Phi) is 9.71. The number of allylic oxidation sites excluding steroid dienone is 5. The SMILES string of the molecule is CC1=C(C)C(C)[C]([Zr]([CH]2C=C(c3cccc(C(C)(C)C)c3)c3ccccc32)=[Si](C)C)=C1C.Cl.Cl. The van der Waals surface area contributed by atoms with Crippen LogP contribution in [0.4, 0.5) is 0 Å². The summed E-state index contributed by atoms with van der Waals surface area (Å²) < 4.78 is 2.57. The van der Waals surface area contributed by atoms with Crippen molar-refractivity contribution in [1.82, 2.24) is 0 Å². The molecule has 0 fully saturated rings. The zero-order valence-corrected chi connectivity index (χ0v) is 27.3. The van der Waals surface area contributed by atoms with Crippen molar-refractivity contribution >= 4 is 35.8 Å². The third-order valence-corrected chi connectivity index (χ3v) is 26.3. The van der Waals surface area contributed by atoms with Gasteiger partial charge in [0.15, 0.2) is 0 Å². The Hall–Kier alpha value is -0.660. The van der Waals surface area contributed by atoms with Gasteiger partial charge in [-0.1, -0.05) is 0 Å². The third-order valence-electron chi connectivity index (χ3n) is 7.74. The van der Waals surface area contributed by atoms with Gasteiger partial charge in [0.05, 0.1) is 0 Å². The average Bonchev–Trinajstić information content (AvgIpc) is 3.21. The molecule has 0 spiro atoms. The van der Waals surface area contributed by atoms with Crippen molar-refractivity contribution in [2.24, 2.45) is 5.92 Å². The predicted molar refractivity (Wildman–Crippen MR) is 154 cm³/mol. The van der Waals surface area contributed by atoms with Gasteiger partial charge < -0.3 is 0 Å². The Labute approximate surface area is 228 Å². The summed E-state index contributed by atoms with van der Waals surface area (Å²) >= 11 is -1.94. The van der Waals surface area contributed by atoms with Gasteiger partial charge in [0.2, 0.25) is 0 Å². The molecular formula is C30H40Cl2SiZr. The number of hydrogen-bond acceptors (Lipinski definition) is 0. The Morgan fingerprint density at radius 1 is 0.853 bits per heavy atom. The minimum Gasteiger partial charge on any atom is -0.147 e. The van der Waals surface area contributed by atoms with E-state index in [9.17, 15) is 0 Å². The largest absolute Gasteiger partial charge is 0.147 e. The summed E-state index contributed by atoms with van der Waals surface area (Å²) in [5.74, 6) is 0.651. The van der Waals surface area contributed by atoms with Crippen molar-refractivity contribution in [3.8, 4) is 0 Å². The van der Waals surface area contributed by atoms with Crippen LogP contribution < -0.4 is 0 Å². The molecule has 0 heterocycles. The summed E-state index contributed by atoms with van der Waals surface area (Å²) in [5.41, 5.74) is 12.0. The molecule has 182 valence electrons. The fourth-order valence-corrected chi connectivity index (χ4v) is 25.2. The Bertz CT molecular complexity index is 1220. The van der Waals surface area contributed by atoms with Gasteiger partial charge in [0, 0.05) is 0 Å². The molecule has 0 aliphatic heterocycles. The van der Waals surface area contributed by atoms with Gasteiger partial charge in [-0.2, -0.15) is 0 Å². The topological polar surface area (TPSA) is 0 Å². The van der Waals surface area contributed by atoms with E-state index in [4.69, 9.17) is 0 Å². The van der Waals surface area contributed by atoms with Crippen molar-refractivity contribution in [2.45, 2.75) is 70.6 Å². The summed E-state index contributed by atoms with van der Waals surface area (Å²) in [5, 5.41) is 0. The van der Waals surface area contributed by atoms with E-state index >= 15 is 0 Å². The molecule has 0 nitrogen and oxygen atoms in total. The number of hydrogen-bond donors (Lipinski definition) is 0. The minimum absolute atomic E-state index is 0. The maximum absolute atomic E-state index is 2.70. The van der Waals surface area contributed by atoms with Crippen LogP contribution in [0.1, 0.15) is 74.3 Å². The molecule has 2 aromatic carbocycles. The van der Waals surface area contributed by atoms with E-state index in [-0.39, 0.29) is 35.7 Å². The molecule has 34 heavy (non-hydrogen) atoms. The van der Waals surface area contributed by atoms with Gasteiger partial charge in [-0.25, -0.2) is 0 Å². The smallest absolute Gasteiger partial charge is 0.147 e. The van der Waals surface area contributed by atoms with E-state index in [0.717, 1.165) is 0 Å². The summed E-state index contributed by atoms with van der Waals surface area (Å²) in [6.45, 7) is 21.8. The van der Waals surface area contributed by atoms with Crippen LogP contribution in [0.5, 0.6) is 0 Å². The first-order valence-electron chi connectivity index (χ1n) is 12.0. The van der Waals surface area contributed by atoms with Gasteiger partial charge in [0.1, 0.15) is 0 Å². The molecule has 2 aliphatic rings.